The van der Waals surface area contributed by atoms with E-state index in [0.717, 1.165) is 33.3 Å². The van der Waals surface area contributed by atoms with Crippen molar-refractivity contribution in [1.82, 2.24) is 10.2 Å². The number of hydrogen-bond donors (Lipinski definition) is 2. The normalized spacial score (nSPS) is 15.4. The summed E-state index contributed by atoms with van der Waals surface area (Å²) in [5.74, 6) is -2.17. The van der Waals surface area contributed by atoms with E-state index in [2.05, 4.69) is 10.6 Å². The minimum atomic E-state index is -4.93. The summed E-state index contributed by atoms with van der Waals surface area (Å²) in [6, 6.07) is 4.47. The quantitative estimate of drug-likeness (QED) is 0.358. The smallest absolute Gasteiger partial charge is 0.370 e. The number of carbonyl (C=O) groups excluding carboxylic acids is 3. The Labute approximate surface area is 242 Å². The molecule has 1 aromatic carbocycles. The fourth-order valence-corrected chi connectivity index (χ4v) is 5.20. The molecule has 41 heavy (non-hydrogen) atoms. The van der Waals surface area contributed by atoms with Crippen molar-refractivity contribution in [1.29, 1.82) is 0 Å². The molecule has 0 unspecified atom stereocenters. The fourth-order valence-electron chi connectivity index (χ4n) is 4.24. The van der Waals surface area contributed by atoms with Crippen molar-refractivity contribution in [3.05, 3.63) is 45.1 Å². The molecule has 1 atom stereocenters. The van der Waals surface area contributed by atoms with Crippen LogP contribution in [0.2, 0.25) is 4.34 Å². The lowest BCUT2D eigenvalue weighted by Crippen LogP contribution is -2.54. The molecule has 226 valence electrons. The number of carbonyl (C=O) groups is 3. The summed E-state index contributed by atoms with van der Waals surface area (Å²) >= 11 is 6.84. The lowest BCUT2D eigenvalue weighted by Gasteiger charge is -2.35. The highest BCUT2D eigenvalue weighted by Gasteiger charge is 2.37. The molecule has 0 saturated carbocycles. The van der Waals surface area contributed by atoms with Gasteiger partial charge in [0.1, 0.15) is 12.6 Å². The van der Waals surface area contributed by atoms with E-state index in [1.165, 1.54) is 18.2 Å². The van der Waals surface area contributed by atoms with Crippen molar-refractivity contribution in [2.45, 2.75) is 39.4 Å². The van der Waals surface area contributed by atoms with Crippen LogP contribution in [-0.4, -0.2) is 74.5 Å². The molecule has 3 rings (SSSR count). The molecule has 0 bridgehead atoms. The summed E-state index contributed by atoms with van der Waals surface area (Å²) < 4.78 is 74.8. The van der Waals surface area contributed by atoms with Gasteiger partial charge in [0.05, 0.1) is 33.6 Å². The molecule has 2 N–H and O–H groups in total. The second-order valence-electron chi connectivity index (χ2n) is 10.5. The highest BCUT2D eigenvalue weighted by Crippen LogP contribution is 2.38. The molecule has 1 aliphatic rings. The Morgan fingerprint density at radius 2 is 1.88 bits per heavy atom. The highest BCUT2D eigenvalue weighted by molar-refractivity contribution is 7.18. The molecule has 8 nitrogen and oxygen atoms in total. The number of amides is 3. The van der Waals surface area contributed by atoms with Gasteiger partial charge in [0, 0.05) is 25.3 Å². The van der Waals surface area contributed by atoms with E-state index >= 15 is 0 Å². The minimum Gasteiger partial charge on any atom is -0.370 e. The van der Waals surface area contributed by atoms with E-state index in [1.807, 2.05) is 0 Å². The van der Waals surface area contributed by atoms with Crippen LogP contribution >= 0.6 is 22.9 Å². The number of alkyl halides is 5. The van der Waals surface area contributed by atoms with Gasteiger partial charge in [0.15, 0.2) is 0 Å². The molecular formula is C26H30ClF5N4O4S. The van der Waals surface area contributed by atoms with Crippen LogP contribution in [0, 0.1) is 5.41 Å². The third kappa shape index (κ3) is 9.35. The molecule has 3 amide bonds. The Bertz CT molecular complexity index is 1250. The van der Waals surface area contributed by atoms with Crippen LogP contribution in [0.1, 0.15) is 36.0 Å². The third-order valence-corrected chi connectivity index (χ3v) is 7.14. The number of halogens is 6. The second kappa shape index (κ2) is 13.4. The average molecular weight is 625 g/mol. The average Bonchev–Trinajstić information content (AvgIpc) is 3.29. The van der Waals surface area contributed by atoms with Crippen LogP contribution in [-0.2, 0) is 20.5 Å². The number of ether oxygens (including phenoxy) is 1. The summed E-state index contributed by atoms with van der Waals surface area (Å²) in [6.45, 7) is 3.81. The topological polar surface area (TPSA) is 91.0 Å². The molecule has 2 aromatic rings. The number of nitrogens with one attached hydrogen (secondary N) is 2. The van der Waals surface area contributed by atoms with E-state index in [-0.39, 0.29) is 36.9 Å². The maximum Gasteiger partial charge on any atom is 0.418 e. The van der Waals surface area contributed by atoms with Crippen LogP contribution in [0.5, 0.6) is 0 Å². The fraction of sp³-hybridized carbons (Fsp3) is 0.500. The molecule has 1 fully saturated rings. The lowest BCUT2D eigenvalue weighted by molar-refractivity contribution is -0.137. The minimum absolute atomic E-state index is 0.0274. The zero-order chi connectivity index (χ0) is 30.5. The van der Waals surface area contributed by atoms with Crippen molar-refractivity contribution < 1.29 is 41.1 Å². The van der Waals surface area contributed by atoms with Crippen LogP contribution in [0.25, 0.3) is 0 Å². The van der Waals surface area contributed by atoms with Gasteiger partial charge in [0.25, 0.3) is 18.2 Å². The Morgan fingerprint density at radius 3 is 2.44 bits per heavy atom. The Kier molecular flexibility index (Phi) is 10.7. The summed E-state index contributed by atoms with van der Waals surface area (Å²) in [7, 11) is 0. The molecule has 1 aliphatic heterocycles. The van der Waals surface area contributed by atoms with Crippen molar-refractivity contribution >= 4 is 52.0 Å². The van der Waals surface area contributed by atoms with Gasteiger partial charge in [0.2, 0.25) is 5.91 Å². The van der Waals surface area contributed by atoms with Crippen LogP contribution < -0.4 is 15.5 Å². The van der Waals surface area contributed by atoms with Gasteiger partial charge in [-0.3, -0.25) is 19.3 Å². The van der Waals surface area contributed by atoms with Gasteiger partial charge in [-0.05, 0) is 35.7 Å². The Morgan fingerprint density at radius 1 is 1.17 bits per heavy atom. The van der Waals surface area contributed by atoms with Crippen molar-refractivity contribution in [3.8, 4) is 0 Å². The van der Waals surface area contributed by atoms with Crippen LogP contribution in [0.3, 0.4) is 0 Å². The largest absolute Gasteiger partial charge is 0.418 e. The Hall–Kier alpha value is -2.81. The van der Waals surface area contributed by atoms with Gasteiger partial charge < -0.3 is 20.3 Å². The Balaban J connectivity index is 1.93. The maximum atomic E-state index is 14.1. The summed E-state index contributed by atoms with van der Waals surface area (Å²) in [5.41, 5.74) is -2.47. The number of anilines is 2. The predicted octanol–water partition coefficient (Wildman–Crippen LogP) is 5.13. The number of nitrogens with zero attached hydrogens (tertiary/aromatic N) is 2. The van der Waals surface area contributed by atoms with Gasteiger partial charge in [-0.25, -0.2) is 8.78 Å². The molecule has 15 heteroatoms. The zero-order valence-electron chi connectivity index (χ0n) is 22.5. The zero-order valence-corrected chi connectivity index (χ0v) is 24.1. The molecule has 0 aliphatic carbocycles. The molecule has 1 aromatic heterocycles. The van der Waals surface area contributed by atoms with Crippen molar-refractivity contribution in [2.75, 3.05) is 49.6 Å². The summed E-state index contributed by atoms with van der Waals surface area (Å²) in [5, 5.41) is 4.73. The number of thiophene rings is 1. The maximum absolute atomic E-state index is 14.1. The molecule has 1 saturated heterocycles. The predicted molar refractivity (Wildman–Crippen MR) is 146 cm³/mol. The SMILES string of the molecule is CC(C)(C)CN(CC(F)F)[C@H](CNC(=O)c1ccc(Cl)s1)C(=O)Nc1ccc(N2CCOCC2=O)cc1C(F)(F)F. The summed E-state index contributed by atoms with van der Waals surface area (Å²) in [6.07, 6.45) is -7.79. The van der Waals surface area contributed by atoms with E-state index in [4.69, 9.17) is 16.3 Å². The number of hydrogen-bond acceptors (Lipinski definition) is 6. The van der Waals surface area contributed by atoms with Gasteiger partial charge in [-0.2, -0.15) is 13.2 Å². The first kappa shape index (κ1) is 32.7. The summed E-state index contributed by atoms with van der Waals surface area (Å²) in [4.78, 5) is 40.7. The number of benzene rings is 1. The van der Waals surface area contributed by atoms with Gasteiger partial charge in [-0.1, -0.05) is 32.4 Å². The molecule has 0 spiro atoms. The first-order valence-corrected chi connectivity index (χ1v) is 13.7. The monoisotopic (exact) mass is 624 g/mol. The van der Waals surface area contributed by atoms with E-state index in [9.17, 15) is 36.3 Å². The van der Waals surface area contributed by atoms with Crippen molar-refractivity contribution in [3.63, 3.8) is 0 Å². The van der Waals surface area contributed by atoms with Crippen LogP contribution in [0.4, 0.5) is 33.3 Å². The first-order chi connectivity index (χ1) is 19.0. The van der Waals surface area contributed by atoms with Crippen LogP contribution in [0.15, 0.2) is 30.3 Å². The van der Waals surface area contributed by atoms with E-state index < -0.39 is 66.1 Å². The van der Waals surface area contributed by atoms with E-state index in [0.29, 0.717) is 4.34 Å². The lowest BCUT2D eigenvalue weighted by atomic mass is 9.95. The van der Waals surface area contributed by atoms with E-state index in [1.54, 1.807) is 20.8 Å². The van der Waals surface area contributed by atoms with Crippen molar-refractivity contribution in [2.24, 2.45) is 5.41 Å². The van der Waals surface area contributed by atoms with Gasteiger partial charge in [-0.15, -0.1) is 11.3 Å². The number of rotatable bonds is 10. The highest BCUT2D eigenvalue weighted by atomic mass is 35.5. The second-order valence-corrected chi connectivity index (χ2v) is 12.2. The number of morpholine rings is 1. The molecular weight excluding hydrogens is 595 g/mol. The first-order valence-electron chi connectivity index (χ1n) is 12.5. The third-order valence-electron chi connectivity index (χ3n) is 5.91. The molecule has 2 heterocycles. The van der Waals surface area contributed by atoms with Gasteiger partial charge >= 0.3 is 6.18 Å². The standard InChI is InChI=1S/C26H30ClF5N4O4S/c1-25(2,3)14-35(12-21(28)29)18(11-33-24(39)19-6-7-20(27)41-19)23(38)34-17-5-4-15(10-16(17)26(30,31)32)36-8-9-40-13-22(36)37/h4-7,10,18,21H,8-9,11-14H2,1-3H3,(H,33,39)(H,34,38)/t18-/m1/s1. The molecule has 0 radical (unpaired) electrons.